The van der Waals surface area contributed by atoms with Crippen LogP contribution in [0.1, 0.15) is 19.8 Å². The first-order chi connectivity index (χ1) is 10.1. The van der Waals surface area contributed by atoms with Gasteiger partial charge < -0.3 is 10.2 Å². The van der Waals surface area contributed by atoms with Gasteiger partial charge in [-0.1, -0.05) is 17.7 Å². The first-order valence-electron chi connectivity index (χ1n) is 7.14. The molecule has 114 valence electrons. The molecule has 21 heavy (non-hydrogen) atoms. The lowest BCUT2D eigenvalue weighted by Crippen LogP contribution is -2.45. The third kappa shape index (κ3) is 4.72. The number of amides is 2. The van der Waals surface area contributed by atoms with Crippen molar-refractivity contribution in [1.29, 1.82) is 0 Å². The molecule has 0 aliphatic carbocycles. The molecule has 1 atom stereocenters. The number of nitrogens with zero attached hydrogens (tertiary/aromatic N) is 1. The van der Waals surface area contributed by atoms with Gasteiger partial charge in [0.25, 0.3) is 0 Å². The first-order valence-corrected chi connectivity index (χ1v) is 7.51. The van der Waals surface area contributed by atoms with Crippen LogP contribution in [-0.4, -0.2) is 42.4 Å². The van der Waals surface area contributed by atoms with Crippen molar-refractivity contribution in [3.63, 3.8) is 0 Å². The Morgan fingerprint density at radius 3 is 2.71 bits per heavy atom. The molecule has 1 aliphatic heterocycles. The molecule has 2 amide bonds. The molecule has 0 aromatic heterocycles. The normalized spacial score (nSPS) is 15.8. The van der Waals surface area contributed by atoms with Gasteiger partial charge in [0.2, 0.25) is 11.8 Å². The fourth-order valence-corrected chi connectivity index (χ4v) is 2.51. The van der Waals surface area contributed by atoms with E-state index in [1.807, 2.05) is 4.90 Å². The minimum absolute atomic E-state index is 0.0584. The van der Waals surface area contributed by atoms with Crippen molar-refractivity contribution in [3.8, 4) is 0 Å². The van der Waals surface area contributed by atoms with Crippen LogP contribution in [0.5, 0.6) is 0 Å². The molecule has 0 saturated carbocycles. The van der Waals surface area contributed by atoms with Crippen LogP contribution in [0.2, 0.25) is 5.02 Å². The SMILES string of the molecule is CC(NCC(=O)Nc1cccc(Cl)c1)C(=O)N1CCCC1. The van der Waals surface area contributed by atoms with Crippen molar-refractivity contribution in [3.05, 3.63) is 29.3 Å². The zero-order chi connectivity index (χ0) is 15.2. The molecule has 2 rings (SSSR count). The topological polar surface area (TPSA) is 61.4 Å². The molecule has 0 spiro atoms. The smallest absolute Gasteiger partial charge is 0.239 e. The average Bonchev–Trinajstić information content (AvgIpc) is 2.98. The second-order valence-electron chi connectivity index (χ2n) is 5.19. The van der Waals surface area contributed by atoms with Gasteiger partial charge in [-0.25, -0.2) is 0 Å². The Kier molecular flexibility index (Phi) is 5.59. The van der Waals surface area contributed by atoms with Crippen molar-refractivity contribution < 1.29 is 9.59 Å². The van der Waals surface area contributed by atoms with Crippen molar-refractivity contribution in [1.82, 2.24) is 10.2 Å². The van der Waals surface area contributed by atoms with Gasteiger partial charge in [0.05, 0.1) is 12.6 Å². The Morgan fingerprint density at radius 1 is 1.33 bits per heavy atom. The zero-order valence-electron chi connectivity index (χ0n) is 12.1. The monoisotopic (exact) mass is 309 g/mol. The summed E-state index contributed by atoms with van der Waals surface area (Å²) < 4.78 is 0. The van der Waals surface area contributed by atoms with Crippen LogP contribution in [0.4, 0.5) is 5.69 Å². The van der Waals surface area contributed by atoms with Crippen molar-refractivity contribution in [2.75, 3.05) is 25.0 Å². The van der Waals surface area contributed by atoms with E-state index in [0.717, 1.165) is 25.9 Å². The van der Waals surface area contributed by atoms with E-state index in [1.165, 1.54) is 0 Å². The minimum atomic E-state index is -0.354. The highest BCUT2D eigenvalue weighted by Crippen LogP contribution is 2.14. The molecule has 2 N–H and O–H groups in total. The van der Waals surface area contributed by atoms with Gasteiger partial charge in [0.15, 0.2) is 0 Å². The van der Waals surface area contributed by atoms with Gasteiger partial charge in [-0.2, -0.15) is 0 Å². The van der Waals surface area contributed by atoms with E-state index in [4.69, 9.17) is 11.6 Å². The number of likely N-dealkylation sites (tertiary alicyclic amines) is 1. The molecule has 1 fully saturated rings. The lowest BCUT2D eigenvalue weighted by atomic mass is 10.3. The summed E-state index contributed by atoms with van der Waals surface area (Å²) >= 11 is 5.85. The van der Waals surface area contributed by atoms with Crippen LogP contribution >= 0.6 is 11.6 Å². The summed E-state index contributed by atoms with van der Waals surface area (Å²) in [5.74, 6) is -0.138. The highest BCUT2D eigenvalue weighted by Gasteiger charge is 2.23. The summed E-state index contributed by atoms with van der Waals surface area (Å²) in [6.45, 7) is 3.51. The predicted octanol–water partition coefficient (Wildman–Crippen LogP) is 1.88. The number of rotatable bonds is 5. The molecule has 0 bridgehead atoms. The van der Waals surface area contributed by atoms with E-state index >= 15 is 0 Å². The third-order valence-corrected chi connectivity index (χ3v) is 3.70. The number of halogens is 1. The lowest BCUT2D eigenvalue weighted by Gasteiger charge is -2.21. The molecular weight excluding hydrogens is 290 g/mol. The Morgan fingerprint density at radius 2 is 2.05 bits per heavy atom. The second kappa shape index (κ2) is 7.43. The van der Waals surface area contributed by atoms with E-state index in [9.17, 15) is 9.59 Å². The van der Waals surface area contributed by atoms with Crippen molar-refractivity contribution in [2.45, 2.75) is 25.8 Å². The maximum Gasteiger partial charge on any atom is 0.239 e. The maximum absolute atomic E-state index is 12.1. The summed E-state index contributed by atoms with van der Waals surface area (Å²) in [5.41, 5.74) is 0.646. The quantitative estimate of drug-likeness (QED) is 0.873. The third-order valence-electron chi connectivity index (χ3n) is 3.47. The highest BCUT2D eigenvalue weighted by atomic mass is 35.5. The molecule has 1 saturated heterocycles. The van der Waals surface area contributed by atoms with Gasteiger partial charge >= 0.3 is 0 Å². The molecule has 1 aromatic rings. The minimum Gasteiger partial charge on any atom is -0.341 e. The largest absolute Gasteiger partial charge is 0.341 e. The summed E-state index contributed by atoms with van der Waals surface area (Å²) in [7, 11) is 0. The molecule has 1 aromatic carbocycles. The molecular formula is C15H20ClN3O2. The molecule has 6 heteroatoms. The lowest BCUT2D eigenvalue weighted by molar-refractivity contribution is -0.132. The average molecular weight is 310 g/mol. The van der Waals surface area contributed by atoms with Gasteiger partial charge in [-0.3, -0.25) is 14.9 Å². The Bertz CT molecular complexity index is 515. The zero-order valence-corrected chi connectivity index (χ0v) is 12.8. The van der Waals surface area contributed by atoms with E-state index < -0.39 is 0 Å². The van der Waals surface area contributed by atoms with Crippen LogP contribution in [0.25, 0.3) is 0 Å². The molecule has 1 heterocycles. The highest BCUT2D eigenvalue weighted by molar-refractivity contribution is 6.30. The Balaban J connectivity index is 1.76. The number of benzene rings is 1. The Labute approximate surface area is 129 Å². The van der Waals surface area contributed by atoms with Gasteiger partial charge in [-0.05, 0) is 38.0 Å². The van der Waals surface area contributed by atoms with Crippen LogP contribution in [-0.2, 0) is 9.59 Å². The predicted molar refractivity (Wildman–Crippen MR) is 83.4 cm³/mol. The maximum atomic E-state index is 12.1. The second-order valence-corrected chi connectivity index (χ2v) is 5.63. The van der Waals surface area contributed by atoms with E-state index in [2.05, 4.69) is 10.6 Å². The number of nitrogens with one attached hydrogen (secondary N) is 2. The van der Waals surface area contributed by atoms with E-state index in [0.29, 0.717) is 10.7 Å². The fourth-order valence-electron chi connectivity index (χ4n) is 2.32. The molecule has 1 aliphatic rings. The molecule has 0 radical (unpaired) electrons. The summed E-state index contributed by atoms with van der Waals surface area (Å²) in [6.07, 6.45) is 2.13. The first kappa shape index (κ1) is 15.8. The summed E-state index contributed by atoms with van der Waals surface area (Å²) in [5, 5.41) is 6.26. The number of anilines is 1. The van der Waals surface area contributed by atoms with Crippen LogP contribution in [0, 0.1) is 0 Å². The number of hydrogen-bond acceptors (Lipinski definition) is 3. The van der Waals surface area contributed by atoms with Gasteiger partial charge in [0.1, 0.15) is 0 Å². The standard InChI is InChI=1S/C15H20ClN3O2/c1-11(15(21)19-7-2-3-8-19)17-10-14(20)18-13-6-4-5-12(16)9-13/h4-6,9,11,17H,2-3,7-8,10H2,1H3,(H,18,20). The summed E-state index contributed by atoms with van der Waals surface area (Å²) in [4.78, 5) is 25.7. The molecule has 5 nitrogen and oxygen atoms in total. The number of carbonyl (C=O) groups is 2. The Hall–Kier alpha value is -1.59. The fraction of sp³-hybridized carbons (Fsp3) is 0.467. The number of hydrogen-bond donors (Lipinski definition) is 2. The van der Waals surface area contributed by atoms with E-state index in [1.54, 1.807) is 31.2 Å². The van der Waals surface area contributed by atoms with Crippen LogP contribution < -0.4 is 10.6 Å². The van der Waals surface area contributed by atoms with E-state index in [-0.39, 0.29) is 24.4 Å². The molecule has 1 unspecified atom stereocenters. The van der Waals surface area contributed by atoms with Crippen LogP contribution in [0.3, 0.4) is 0 Å². The van der Waals surface area contributed by atoms with Gasteiger partial charge in [-0.15, -0.1) is 0 Å². The summed E-state index contributed by atoms with van der Waals surface area (Å²) in [6, 6.07) is 6.60. The number of carbonyl (C=O) groups excluding carboxylic acids is 2. The van der Waals surface area contributed by atoms with Crippen molar-refractivity contribution >= 4 is 29.1 Å². The van der Waals surface area contributed by atoms with Crippen molar-refractivity contribution in [2.24, 2.45) is 0 Å². The van der Waals surface area contributed by atoms with Gasteiger partial charge in [0, 0.05) is 23.8 Å². The van der Waals surface area contributed by atoms with Crippen LogP contribution in [0.15, 0.2) is 24.3 Å².